The summed E-state index contributed by atoms with van der Waals surface area (Å²) in [5.74, 6) is 0.444. The highest BCUT2D eigenvalue weighted by atomic mass is 32.2. The molecule has 0 spiro atoms. The Labute approximate surface area is 104 Å². The van der Waals surface area contributed by atoms with Gasteiger partial charge in [-0.15, -0.1) is 11.8 Å². The Morgan fingerprint density at radius 1 is 1.53 bits per heavy atom. The van der Waals surface area contributed by atoms with Gasteiger partial charge in [0.2, 0.25) is 0 Å². The van der Waals surface area contributed by atoms with Crippen LogP contribution in [-0.4, -0.2) is 33.4 Å². The number of thioether (sulfide) groups is 1. The summed E-state index contributed by atoms with van der Waals surface area (Å²) in [4.78, 5) is 14.5. The van der Waals surface area contributed by atoms with E-state index in [1.54, 1.807) is 14.0 Å². The van der Waals surface area contributed by atoms with E-state index in [2.05, 4.69) is 10.3 Å². The third-order valence-corrected chi connectivity index (χ3v) is 3.46. The fraction of sp³-hybridized carbons (Fsp3) is 0.500. The van der Waals surface area contributed by atoms with Gasteiger partial charge in [0.1, 0.15) is 10.8 Å². The molecule has 0 amide bonds. The molecule has 1 heterocycles. The molecule has 0 radical (unpaired) electrons. The molecular weight excluding hydrogens is 242 g/mol. The van der Waals surface area contributed by atoms with Crippen molar-refractivity contribution in [3.8, 4) is 0 Å². The first-order chi connectivity index (χ1) is 7.93. The molecular formula is C10H15N3O3S. The molecule has 7 heteroatoms. The van der Waals surface area contributed by atoms with Crippen LogP contribution in [0.3, 0.4) is 0 Å². The molecule has 0 aliphatic carbocycles. The van der Waals surface area contributed by atoms with Gasteiger partial charge in [-0.3, -0.25) is 10.1 Å². The first kappa shape index (κ1) is 13.7. The molecule has 1 aromatic rings. The van der Waals surface area contributed by atoms with Gasteiger partial charge in [-0.05, 0) is 6.92 Å². The van der Waals surface area contributed by atoms with Gasteiger partial charge in [0.05, 0.1) is 17.1 Å². The molecule has 17 heavy (non-hydrogen) atoms. The lowest BCUT2D eigenvalue weighted by Gasteiger charge is -2.13. The topological polar surface area (TPSA) is 88.3 Å². The maximum Gasteiger partial charge on any atom is 0.275 e. The van der Waals surface area contributed by atoms with Crippen molar-refractivity contribution in [2.24, 2.45) is 0 Å². The monoisotopic (exact) mass is 257 g/mol. The van der Waals surface area contributed by atoms with Crippen LogP contribution in [0.5, 0.6) is 0 Å². The zero-order valence-corrected chi connectivity index (χ0v) is 10.7. The number of hydrogen-bond donors (Lipinski definition) is 2. The Morgan fingerprint density at radius 3 is 2.65 bits per heavy atom. The van der Waals surface area contributed by atoms with E-state index in [9.17, 15) is 15.2 Å². The number of nitrogens with one attached hydrogen (secondary N) is 1. The van der Waals surface area contributed by atoms with E-state index < -0.39 is 11.0 Å². The summed E-state index contributed by atoms with van der Waals surface area (Å²) in [5, 5.41) is 23.3. The Kier molecular flexibility index (Phi) is 4.71. The first-order valence-corrected chi connectivity index (χ1v) is 6.01. The molecule has 0 fully saturated rings. The second-order valence-corrected chi connectivity index (χ2v) is 5.02. The van der Waals surface area contributed by atoms with Crippen molar-refractivity contribution in [3.63, 3.8) is 0 Å². The Hall–Kier alpha value is -1.34. The summed E-state index contributed by atoms with van der Waals surface area (Å²) in [6, 6.07) is 2.78. The third-order valence-electron chi connectivity index (χ3n) is 2.24. The molecule has 94 valence electrons. The van der Waals surface area contributed by atoms with Gasteiger partial charge >= 0.3 is 0 Å². The lowest BCUT2D eigenvalue weighted by Crippen LogP contribution is -2.15. The van der Waals surface area contributed by atoms with Crippen LogP contribution in [0, 0.1) is 10.1 Å². The maximum atomic E-state index is 10.7. The number of aliphatic hydroxyl groups excluding tert-OH is 1. The smallest absolute Gasteiger partial charge is 0.275 e. The summed E-state index contributed by atoms with van der Waals surface area (Å²) in [6.07, 6.45) is -0.501. The summed E-state index contributed by atoms with van der Waals surface area (Å²) in [6.45, 7) is 3.52. The molecule has 0 aliphatic rings. The molecule has 2 atom stereocenters. The molecule has 0 aliphatic heterocycles. The molecule has 1 rings (SSSR count). The number of aliphatic hydroxyl groups is 1. The van der Waals surface area contributed by atoms with Crippen molar-refractivity contribution in [3.05, 3.63) is 22.2 Å². The van der Waals surface area contributed by atoms with Gasteiger partial charge < -0.3 is 10.4 Å². The molecule has 0 saturated heterocycles. The zero-order chi connectivity index (χ0) is 13.0. The predicted octanol–water partition coefficient (Wildman–Crippen LogP) is 1.89. The fourth-order valence-electron chi connectivity index (χ4n) is 1.07. The summed E-state index contributed by atoms with van der Waals surface area (Å²) in [7, 11) is 1.65. The highest BCUT2D eigenvalue weighted by molar-refractivity contribution is 7.99. The standard InChI is InChI=1S/C10H15N3O3S/c1-6(14)7(2)17-10-5-8(13(15)16)4-9(11-3)12-10/h4-7,14H,1-3H3,(H,11,12). The number of nitrogens with zero attached hydrogens (tertiary/aromatic N) is 2. The first-order valence-electron chi connectivity index (χ1n) is 5.13. The zero-order valence-electron chi connectivity index (χ0n) is 9.88. The van der Waals surface area contributed by atoms with Gasteiger partial charge in [0, 0.05) is 18.4 Å². The van der Waals surface area contributed by atoms with Gasteiger partial charge in [-0.25, -0.2) is 4.98 Å². The molecule has 0 aromatic carbocycles. The van der Waals surface area contributed by atoms with E-state index in [1.807, 2.05) is 6.92 Å². The lowest BCUT2D eigenvalue weighted by molar-refractivity contribution is -0.385. The van der Waals surface area contributed by atoms with Crippen molar-refractivity contribution >= 4 is 23.3 Å². The van der Waals surface area contributed by atoms with Crippen LogP contribution in [-0.2, 0) is 0 Å². The Balaban J connectivity index is 2.98. The number of hydrogen-bond acceptors (Lipinski definition) is 6. The number of aromatic nitrogens is 1. The van der Waals surface area contributed by atoms with Crippen LogP contribution in [0.1, 0.15) is 13.8 Å². The quantitative estimate of drug-likeness (QED) is 0.476. The second kappa shape index (κ2) is 5.83. The van der Waals surface area contributed by atoms with Crippen LogP contribution < -0.4 is 5.32 Å². The van der Waals surface area contributed by atoms with Crippen molar-refractivity contribution in [1.29, 1.82) is 0 Å². The van der Waals surface area contributed by atoms with Crippen molar-refractivity contribution < 1.29 is 10.0 Å². The van der Waals surface area contributed by atoms with E-state index in [-0.39, 0.29) is 10.9 Å². The molecule has 0 bridgehead atoms. The molecule has 1 aromatic heterocycles. The number of pyridine rings is 1. The Bertz CT molecular complexity index is 412. The SMILES string of the molecule is CNc1cc([N+](=O)[O-])cc(SC(C)C(C)O)n1. The third kappa shape index (κ3) is 3.86. The van der Waals surface area contributed by atoms with Gasteiger partial charge in [-0.2, -0.15) is 0 Å². The van der Waals surface area contributed by atoms with Crippen LogP contribution in [0.2, 0.25) is 0 Å². The summed E-state index contributed by atoms with van der Waals surface area (Å²) in [5.41, 5.74) is -0.00959. The van der Waals surface area contributed by atoms with E-state index in [0.29, 0.717) is 10.8 Å². The lowest BCUT2D eigenvalue weighted by atomic mass is 10.3. The van der Waals surface area contributed by atoms with E-state index in [1.165, 1.54) is 23.9 Å². The van der Waals surface area contributed by atoms with Gasteiger partial charge in [0.25, 0.3) is 5.69 Å². The largest absolute Gasteiger partial charge is 0.392 e. The fourth-order valence-corrected chi connectivity index (χ4v) is 1.99. The minimum atomic E-state index is -0.501. The van der Waals surface area contributed by atoms with E-state index >= 15 is 0 Å². The van der Waals surface area contributed by atoms with Crippen LogP contribution in [0.4, 0.5) is 11.5 Å². The Morgan fingerprint density at radius 2 is 2.18 bits per heavy atom. The van der Waals surface area contributed by atoms with Crippen molar-refractivity contribution in [1.82, 2.24) is 4.98 Å². The van der Waals surface area contributed by atoms with Crippen LogP contribution in [0.15, 0.2) is 17.2 Å². The summed E-state index contributed by atoms with van der Waals surface area (Å²) < 4.78 is 0. The van der Waals surface area contributed by atoms with Gasteiger partial charge in [-0.1, -0.05) is 6.92 Å². The van der Waals surface area contributed by atoms with Crippen molar-refractivity contribution in [2.45, 2.75) is 30.2 Å². The van der Waals surface area contributed by atoms with Crippen molar-refractivity contribution in [2.75, 3.05) is 12.4 Å². The number of anilines is 1. The van der Waals surface area contributed by atoms with Crippen LogP contribution >= 0.6 is 11.8 Å². The average molecular weight is 257 g/mol. The second-order valence-electron chi connectivity index (χ2n) is 3.62. The van der Waals surface area contributed by atoms with E-state index in [0.717, 1.165) is 0 Å². The molecule has 0 saturated carbocycles. The number of nitro groups is 1. The maximum absolute atomic E-state index is 10.7. The van der Waals surface area contributed by atoms with Crippen LogP contribution in [0.25, 0.3) is 0 Å². The molecule has 2 unspecified atom stereocenters. The van der Waals surface area contributed by atoms with Gasteiger partial charge in [0.15, 0.2) is 0 Å². The highest BCUT2D eigenvalue weighted by Crippen LogP contribution is 2.28. The van der Waals surface area contributed by atoms with E-state index in [4.69, 9.17) is 0 Å². The molecule has 6 nitrogen and oxygen atoms in total. The number of rotatable bonds is 5. The highest BCUT2D eigenvalue weighted by Gasteiger charge is 2.15. The molecule has 2 N–H and O–H groups in total. The normalized spacial score (nSPS) is 14.1. The minimum absolute atomic E-state index is 0.00959. The average Bonchev–Trinajstić information content (AvgIpc) is 2.28. The summed E-state index contributed by atoms with van der Waals surface area (Å²) >= 11 is 1.31. The predicted molar refractivity (Wildman–Crippen MR) is 67.4 cm³/mol. The minimum Gasteiger partial charge on any atom is -0.392 e.